The molecule has 0 aromatic heterocycles. The molecular formula is C12H8BrN5O. The van der Waals surface area contributed by atoms with Gasteiger partial charge in [-0.3, -0.25) is 10.5 Å². The lowest BCUT2D eigenvalue weighted by atomic mass is 9.93. The standard InChI is InChI=1S/C12H8BrN5O/c13-11-17-10-8(15-6-16-10)12(14,18-11)9(19)7-4-2-1-3-5-7/h1-6H,14H2. The maximum Gasteiger partial charge on any atom is 0.221 e. The predicted molar refractivity (Wildman–Crippen MR) is 77.4 cm³/mol. The smallest absolute Gasteiger partial charge is 0.221 e. The number of nitrogens with two attached hydrogens (primary N) is 1. The van der Waals surface area contributed by atoms with Gasteiger partial charge in [-0.25, -0.2) is 20.0 Å². The van der Waals surface area contributed by atoms with E-state index in [1.54, 1.807) is 24.3 Å². The van der Waals surface area contributed by atoms with Crippen LogP contribution in [0.4, 0.5) is 0 Å². The fourth-order valence-electron chi connectivity index (χ4n) is 1.89. The van der Waals surface area contributed by atoms with E-state index < -0.39 is 5.66 Å². The largest absolute Gasteiger partial charge is 0.295 e. The monoisotopic (exact) mass is 317 g/mol. The molecule has 0 amide bonds. The number of fused-ring (bicyclic) bond motifs is 1. The Hall–Kier alpha value is -1.99. The Labute approximate surface area is 117 Å². The van der Waals surface area contributed by atoms with Gasteiger partial charge in [0.05, 0.1) is 0 Å². The molecule has 0 aliphatic carbocycles. The van der Waals surface area contributed by atoms with Crippen LogP contribution in [0.15, 0.2) is 50.3 Å². The Morgan fingerprint density at radius 2 is 2.00 bits per heavy atom. The first-order valence-corrected chi connectivity index (χ1v) is 6.24. The number of carbonyl (C=O) groups is 1. The van der Waals surface area contributed by atoms with Gasteiger partial charge in [-0.1, -0.05) is 30.3 Å². The second-order valence-electron chi connectivity index (χ2n) is 4.00. The summed E-state index contributed by atoms with van der Waals surface area (Å²) in [7, 11) is 0. The molecule has 6 nitrogen and oxygen atoms in total. The molecule has 0 spiro atoms. The number of hydrogen-bond acceptors (Lipinski definition) is 6. The number of halogens is 1. The number of ketones is 1. The zero-order valence-electron chi connectivity index (χ0n) is 9.62. The van der Waals surface area contributed by atoms with Gasteiger partial charge in [0.1, 0.15) is 12.1 Å². The molecule has 1 aromatic carbocycles. The first kappa shape index (κ1) is 12.1. The van der Waals surface area contributed by atoms with Crippen LogP contribution in [0.5, 0.6) is 0 Å². The Kier molecular flexibility index (Phi) is 2.72. The number of carbonyl (C=O) groups excluding carboxylic acids is 1. The lowest BCUT2D eigenvalue weighted by Gasteiger charge is -2.26. The molecule has 2 heterocycles. The number of amidine groups is 2. The van der Waals surface area contributed by atoms with Crippen LogP contribution in [0.3, 0.4) is 0 Å². The number of aliphatic imine (C=N–C) groups is 4. The van der Waals surface area contributed by atoms with Gasteiger partial charge in [-0.05, 0) is 15.9 Å². The summed E-state index contributed by atoms with van der Waals surface area (Å²) in [4.78, 5) is 28.7. The minimum atomic E-state index is -1.59. The third-order valence-corrected chi connectivity index (χ3v) is 3.14. The second-order valence-corrected chi connectivity index (χ2v) is 4.71. The molecule has 0 fully saturated rings. The summed E-state index contributed by atoms with van der Waals surface area (Å²) >= 11 is 3.14. The first-order valence-electron chi connectivity index (χ1n) is 5.45. The van der Waals surface area contributed by atoms with E-state index in [1.807, 2.05) is 6.07 Å². The van der Waals surface area contributed by atoms with E-state index in [0.717, 1.165) is 0 Å². The number of nitrogens with zero attached hydrogens (tertiary/aromatic N) is 4. The van der Waals surface area contributed by atoms with Gasteiger partial charge in [0.15, 0.2) is 10.6 Å². The van der Waals surface area contributed by atoms with Crippen molar-refractivity contribution < 1.29 is 4.79 Å². The Bertz CT molecular complexity index is 677. The van der Waals surface area contributed by atoms with Crippen molar-refractivity contribution in [1.82, 2.24) is 0 Å². The summed E-state index contributed by atoms with van der Waals surface area (Å²) < 4.78 is 0.229. The van der Waals surface area contributed by atoms with Gasteiger partial charge in [0.2, 0.25) is 11.4 Å². The van der Waals surface area contributed by atoms with Gasteiger partial charge < -0.3 is 0 Å². The average Bonchev–Trinajstić information content (AvgIpc) is 2.87. The van der Waals surface area contributed by atoms with E-state index in [4.69, 9.17) is 5.73 Å². The van der Waals surface area contributed by atoms with Crippen molar-refractivity contribution in [2.75, 3.05) is 0 Å². The molecule has 2 aliphatic rings. The summed E-state index contributed by atoms with van der Waals surface area (Å²) in [5, 5.41) is 0. The highest BCUT2D eigenvalue weighted by Gasteiger charge is 2.45. The minimum absolute atomic E-state index is 0.229. The van der Waals surface area contributed by atoms with Crippen LogP contribution in [-0.2, 0) is 0 Å². The van der Waals surface area contributed by atoms with Crippen molar-refractivity contribution in [3.8, 4) is 0 Å². The van der Waals surface area contributed by atoms with Crippen molar-refractivity contribution in [1.29, 1.82) is 0 Å². The summed E-state index contributed by atoms with van der Waals surface area (Å²) in [6, 6.07) is 8.72. The fourth-order valence-corrected chi connectivity index (χ4v) is 2.34. The third-order valence-electron chi connectivity index (χ3n) is 2.79. The van der Waals surface area contributed by atoms with Gasteiger partial charge in [-0.15, -0.1) is 0 Å². The van der Waals surface area contributed by atoms with Crippen LogP contribution in [0.25, 0.3) is 0 Å². The molecule has 19 heavy (non-hydrogen) atoms. The topological polar surface area (TPSA) is 92.5 Å². The maximum absolute atomic E-state index is 12.6. The van der Waals surface area contributed by atoms with Crippen molar-refractivity contribution in [3.63, 3.8) is 0 Å². The van der Waals surface area contributed by atoms with E-state index >= 15 is 0 Å². The molecule has 0 saturated heterocycles. The highest BCUT2D eigenvalue weighted by atomic mass is 79.9. The van der Waals surface area contributed by atoms with Crippen LogP contribution in [0.2, 0.25) is 0 Å². The quantitative estimate of drug-likeness (QED) is 0.655. The molecule has 0 bridgehead atoms. The van der Waals surface area contributed by atoms with Crippen molar-refractivity contribution in [2.45, 2.75) is 5.66 Å². The van der Waals surface area contributed by atoms with Crippen LogP contribution in [-0.4, -0.2) is 34.1 Å². The fraction of sp³-hybridized carbons (Fsp3) is 0.0833. The number of hydrogen-bond donors (Lipinski definition) is 1. The van der Waals surface area contributed by atoms with Gasteiger partial charge in [-0.2, -0.15) is 0 Å². The van der Waals surface area contributed by atoms with Gasteiger partial charge in [0, 0.05) is 5.56 Å². The zero-order valence-corrected chi connectivity index (χ0v) is 11.2. The number of benzene rings is 1. The molecule has 2 aliphatic heterocycles. The molecule has 94 valence electrons. The molecule has 2 N–H and O–H groups in total. The molecule has 1 atom stereocenters. The summed E-state index contributed by atoms with van der Waals surface area (Å²) in [6.07, 6.45) is 1.31. The Morgan fingerprint density at radius 1 is 1.26 bits per heavy atom. The molecule has 3 rings (SSSR count). The summed E-state index contributed by atoms with van der Waals surface area (Å²) in [6.45, 7) is 0. The maximum atomic E-state index is 12.6. The Balaban J connectivity index is 2.09. The van der Waals surface area contributed by atoms with Crippen molar-refractivity contribution in [3.05, 3.63) is 35.9 Å². The molecule has 0 saturated carbocycles. The Morgan fingerprint density at radius 3 is 2.74 bits per heavy atom. The molecular weight excluding hydrogens is 310 g/mol. The molecule has 1 unspecified atom stereocenters. The van der Waals surface area contributed by atoms with Gasteiger partial charge in [0.25, 0.3) is 0 Å². The van der Waals surface area contributed by atoms with E-state index in [2.05, 4.69) is 35.9 Å². The predicted octanol–water partition coefficient (Wildman–Crippen LogP) is 1.17. The third kappa shape index (κ3) is 1.87. The first-order chi connectivity index (χ1) is 9.11. The van der Waals surface area contributed by atoms with Gasteiger partial charge >= 0.3 is 0 Å². The van der Waals surface area contributed by atoms with Crippen LogP contribution in [0.1, 0.15) is 10.4 Å². The SMILES string of the molecule is NC1(C(=O)c2ccccc2)N=C(Br)N=C2N=CN=C21. The summed E-state index contributed by atoms with van der Waals surface area (Å²) in [5.74, 6) is -0.0321. The average molecular weight is 318 g/mol. The van der Waals surface area contributed by atoms with Crippen LogP contribution in [0, 0.1) is 0 Å². The highest BCUT2D eigenvalue weighted by molar-refractivity contribution is 9.18. The summed E-state index contributed by atoms with van der Waals surface area (Å²) in [5.41, 5.74) is 5.29. The van der Waals surface area contributed by atoms with E-state index in [1.165, 1.54) is 6.34 Å². The van der Waals surface area contributed by atoms with E-state index in [9.17, 15) is 4.79 Å². The number of Topliss-reactive ketones (excluding diaryl/α,β-unsaturated/α-hetero) is 1. The van der Waals surface area contributed by atoms with Crippen LogP contribution < -0.4 is 5.73 Å². The minimum Gasteiger partial charge on any atom is -0.295 e. The van der Waals surface area contributed by atoms with Crippen molar-refractivity contribution in [2.24, 2.45) is 25.7 Å². The zero-order chi connectivity index (χ0) is 13.5. The van der Waals surface area contributed by atoms with E-state index in [0.29, 0.717) is 11.4 Å². The van der Waals surface area contributed by atoms with Crippen LogP contribution >= 0.6 is 15.9 Å². The highest BCUT2D eigenvalue weighted by Crippen LogP contribution is 2.23. The molecule has 0 radical (unpaired) electrons. The normalized spacial score (nSPS) is 24.4. The lowest BCUT2D eigenvalue weighted by molar-refractivity contribution is 0.0937. The van der Waals surface area contributed by atoms with E-state index in [-0.39, 0.29) is 16.2 Å². The molecule has 7 heteroatoms. The number of rotatable bonds is 2. The molecule has 1 aromatic rings. The second kappa shape index (κ2) is 4.29. The lowest BCUT2D eigenvalue weighted by Crippen LogP contribution is -2.57. The van der Waals surface area contributed by atoms with Crippen molar-refractivity contribution >= 4 is 44.3 Å².